The summed E-state index contributed by atoms with van der Waals surface area (Å²) in [6.45, 7) is 7.45. The van der Waals surface area contributed by atoms with Crippen molar-refractivity contribution in [3.05, 3.63) is 107 Å². The van der Waals surface area contributed by atoms with E-state index in [1.54, 1.807) is 18.6 Å². The average Bonchev–Trinajstić information content (AvgIpc) is 3.62. The topological polar surface area (TPSA) is 74.8 Å². The van der Waals surface area contributed by atoms with Crippen LogP contribution in [0.2, 0.25) is 0 Å². The average molecular weight is 548 g/mol. The van der Waals surface area contributed by atoms with Crippen LogP contribution in [0.1, 0.15) is 40.4 Å². The molecule has 0 saturated carbocycles. The number of thiophene rings is 1. The Bertz CT molecular complexity index is 1680. The third-order valence-corrected chi connectivity index (χ3v) is 8.51. The second kappa shape index (κ2) is 11.1. The van der Waals surface area contributed by atoms with E-state index in [9.17, 15) is 9.59 Å². The summed E-state index contributed by atoms with van der Waals surface area (Å²) < 4.78 is 15.2. The summed E-state index contributed by atoms with van der Waals surface area (Å²) in [4.78, 5) is 33.7. The van der Waals surface area contributed by atoms with Crippen molar-refractivity contribution in [3.63, 3.8) is 0 Å². The van der Waals surface area contributed by atoms with Gasteiger partial charge < -0.3 is 14.0 Å². The molecule has 0 N–H and O–H groups in total. The molecule has 0 aliphatic carbocycles. The number of carbonyl (C=O) groups excluding carboxylic acids is 1. The number of hydrogen-bond donors (Lipinski definition) is 0. The van der Waals surface area contributed by atoms with E-state index in [1.807, 2.05) is 60.8 Å². The molecule has 1 aliphatic heterocycles. The minimum atomic E-state index is -0.628. The van der Waals surface area contributed by atoms with E-state index < -0.39 is 12.0 Å². The van der Waals surface area contributed by atoms with Crippen LogP contribution in [0.25, 0.3) is 11.8 Å². The predicted molar refractivity (Wildman–Crippen MR) is 151 cm³/mol. The van der Waals surface area contributed by atoms with Crippen molar-refractivity contribution in [2.24, 2.45) is 4.99 Å². The van der Waals surface area contributed by atoms with E-state index in [-0.39, 0.29) is 12.2 Å². The molecule has 0 radical (unpaired) electrons. The zero-order chi connectivity index (χ0) is 26.8. The second-order valence-corrected chi connectivity index (χ2v) is 10.9. The van der Waals surface area contributed by atoms with Gasteiger partial charge in [0.1, 0.15) is 6.04 Å². The lowest BCUT2D eigenvalue weighted by Crippen LogP contribution is -2.39. The van der Waals surface area contributed by atoms with Crippen LogP contribution < -0.4 is 14.9 Å². The van der Waals surface area contributed by atoms with E-state index in [0.29, 0.717) is 27.2 Å². The molecule has 38 heavy (non-hydrogen) atoms. The van der Waals surface area contributed by atoms with Crippen molar-refractivity contribution in [2.75, 3.05) is 20.3 Å². The van der Waals surface area contributed by atoms with Gasteiger partial charge in [-0.15, -0.1) is 11.3 Å². The Morgan fingerprint density at radius 2 is 1.95 bits per heavy atom. The SMILES string of the molecule is CCOC(=O)C1=C(c2ccccc2)N=c2sc(=Cc3cc(C)n(CCOC)c3C)c(=O)n2[C@@H]1c1cccs1. The number of esters is 1. The Kier molecular flexibility index (Phi) is 7.60. The van der Waals surface area contributed by atoms with Gasteiger partial charge in [0.25, 0.3) is 5.56 Å². The quantitative estimate of drug-likeness (QED) is 0.312. The summed E-state index contributed by atoms with van der Waals surface area (Å²) >= 11 is 2.84. The molecule has 1 aliphatic rings. The van der Waals surface area contributed by atoms with E-state index >= 15 is 0 Å². The lowest BCUT2D eigenvalue weighted by atomic mass is 9.97. The standard InChI is InChI=1S/C29H29N3O4S2/c1-5-36-28(34)24-25(20-10-7-6-8-11-20)30-29-32(26(24)22-12-9-15-37-22)27(33)23(38-29)17-21-16-18(2)31(19(21)3)13-14-35-4/h6-12,15-17,26H,5,13-14H2,1-4H3/t26-/m1/s1. The van der Waals surface area contributed by atoms with Gasteiger partial charge in [0.05, 0.1) is 29.0 Å². The fraction of sp³-hybridized carbons (Fsp3) is 0.276. The lowest BCUT2D eigenvalue weighted by molar-refractivity contribution is -0.138. The van der Waals surface area contributed by atoms with Gasteiger partial charge >= 0.3 is 5.97 Å². The minimum absolute atomic E-state index is 0.178. The molecule has 0 spiro atoms. The van der Waals surface area contributed by atoms with Crippen LogP contribution in [-0.2, 0) is 20.8 Å². The second-order valence-electron chi connectivity index (χ2n) is 8.92. The van der Waals surface area contributed by atoms with Gasteiger partial charge in [-0.3, -0.25) is 9.36 Å². The van der Waals surface area contributed by atoms with Gasteiger partial charge in [-0.1, -0.05) is 47.7 Å². The van der Waals surface area contributed by atoms with E-state index in [4.69, 9.17) is 14.5 Å². The predicted octanol–water partition coefficient (Wildman–Crippen LogP) is 4.06. The van der Waals surface area contributed by atoms with Crippen LogP contribution in [-0.4, -0.2) is 35.4 Å². The fourth-order valence-corrected chi connectivity index (χ4v) is 6.61. The van der Waals surface area contributed by atoms with Gasteiger partial charge in [-0.25, -0.2) is 9.79 Å². The van der Waals surface area contributed by atoms with Crippen LogP contribution in [0, 0.1) is 13.8 Å². The van der Waals surface area contributed by atoms with E-state index in [0.717, 1.165) is 33.9 Å². The van der Waals surface area contributed by atoms with Crippen molar-refractivity contribution in [1.82, 2.24) is 9.13 Å². The highest BCUT2D eigenvalue weighted by atomic mass is 32.1. The summed E-state index contributed by atoms with van der Waals surface area (Å²) in [6, 6.07) is 14.9. The zero-order valence-electron chi connectivity index (χ0n) is 21.8. The van der Waals surface area contributed by atoms with Crippen LogP contribution in [0.4, 0.5) is 0 Å². The highest BCUT2D eigenvalue weighted by molar-refractivity contribution is 7.10. The lowest BCUT2D eigenvalue weighted by Gasteiger charge is -2.24. The molecule has 4 heterocycles. The number of benzene rings is 1. The Balaban J connectivity index is 1.75. The van der Waals surface area contributed by atoms with E-state index in [2.05, 4.69) is 17.6 Å². The maximum Gasteiger partial charge on any atom is 0.338 e. The first-order chi connectivity index (χ1) is 18.4. The summed E-state index contributed by atoms with van der Waals surface area (Å²) in [5.74, 6) is -0.468. The number of aryl methyl sites for hydroxylation is 1. The minimum Gasteiger partial charge on any atom is -0.463 e. The molecule has 0 unspecified atom stereocenters. The van der Waals surface area contributed by atoms with Crippen molar-refractivity contribution in [1.29, 1.82) is 0 Å². The molecule has 9 heteroatoms. The molecule has 1 atom stereocenters. The van der Waals surface area contributed by atoms with Crippen molar-refractivity contribution in [2.45, 2.75) is 33.4 Å². The Labute approximate surface area is 228 Å². The van der Waals surface area contributed by atoms with Crippen LogP contribution in [0.15, 0.2) is 69.3 Å². The number of fused-ring (bicyclic) bond motifs is 1. The maximum absolute atomic E-state index is 14.0. The number of carbonyl (C=O) groups is 1. The number of rotatable bonds is 8. The van der Waals surface area contributed by atoms with Gasteiger partial charge in [0.15, 0.2) is 4.80 Å². The summed E-state index contributed by atoms with van der Waals surface area (Å²) in [7, 11) is 1.69. The fourth-order valence-electron chi connectivity index (χ4n) is 4.80. The van der Waals surface area contributed by atoms with Gasteiger partial charge in [-0.05, 0) is 49.9 Å². The monoisotopic (exact) mass is 547 g/mol. The van der Waals surface area contributed by atoms with Crippen molar-refractivity contribution >= 4 is 40.4 Å². The number of aromatic nitrogens is 2. The highest BCUT2D eigenvalue weighted by Crippen LogP contribution is 2.36. The number of thiazole rings is 1. The third-order valence-electron chi connectivity index (χ3n) is 6.60. The number of methoxy groups -OCH3 is 1. The molecule has 0 amide bonds. The molecular formula is C29H29N3O4S2. The van der Waals surface area contributed by atoms with E-state index in [1.165, 1.54) is 22.7 Å². The molecule has 4 aromatic rings. The molecule has 0 saturated heterocycles. The van der Waals surface area contributed by atoms with Gasteiger partial charge in [0, 0.05) is 35.5 Å². The Morgan fingerprint density at radius 3 is 2.63 bits per heavy atom. The number of hydrogen-bond acceptors (Lipinski definition) is 7. The van der Waals surface area contributed by atoms with Crippen LogP contribution in [0.5, 0.6) is 0 Å². The highest BCUT2D eigenvalue weighted by Gasteiger charge is 2.35. The molecule has 3 aromatic heterocycles. The smallest absolute Gasteiger partial charge is 0.338 e. The summed E-state index contributed by atoms with van der Waals surface area (Å²) in [5, 5.41) is 1.95. The molecule has 1 aromatic carbocycles. The van der Waals surface area contributed by atoms with Crippen LogP contribution in [0.3, 0.4) is 0 Å². The molecule has 5 rings (SSSR count). The number of nitrogens with zero attached hydrogens (tertiary/aromatic N) is 3. The largest absolute Gasteiger partial charge is 0.463 e. The first kappa shape index (κ1) is 26.1. The first-order valence-electron chi connectivity index (χ1n) is 12.4. The number of ether oxygens (including phenoxy) is 2. The molecule has 0 bridgehead atoms. The van der Waals surface area contributed by atoms with Crippen LogP contribution >= 0.6 is 22.7 Å². The summed E-state index contributed by atoms with van der Waals surface area (Å²) in [6.07, 6.45) is 1.93. The van der Waals surface area contributed by atoms with Gasteiger partial charge in [0.2, 0.25) is 0 Å². The van der Waals surface area contributed by atoms with Crippen molar-refractivity contribution < 1.29 is 14.3 Å². The molecule has 7 nitrogen and oxygen atoms in total. The Hall–Kier alpha value is -3.53. The maximum atomic E-state index is 14.0. The molecular weight excluding hydrogens is 518 g/mol. The normalized spacial score (nSPS) is 15.5. The molecule has 196 valence electrons. The zero-order valence-corrected chi connectivity index (χ0v) is 23.4. The Morgan fingerprint density at radius 1 is 1.16 bits per heavy atom. The molecule has 0 fully saturated rings. The van der Waals surface area contributed by atoms with Crippen molar-refractivity contribution in [3.8, 4) is 0 Å². The first-order valence-corrected chi connectivity index (χ1v) is 14.1. The third kappa shape index (κ3) is 4.73. The summed E-state index contributed by atoms with van der Waals surface area (Å²) in [5.41, 5.74) is 4.68. The van der Waals surface area contributed by atoms with Gasteiger partial charge in [-0.2, -0.15) is 0 Å².